The molecule has 0 aromatic carbocycles. The van der Waals surface area contributed by atoms with Gasteiger partial charge in [-0.15, -0.1) is 0 Å². The van der Waals surface area contributed by atoms with E-state index in [1.54, 1.807) is 11.0 Å². The Morgan fingerprint density at radius 1 is 1.24 bits per heavy atom. The molecule has 0 aromatic heterocycles. The van der Waals surface area contributed by atoms with Crippen molar-refractivity contribution in [3.05, 3.63) is 11.1 Å². The number of halogens is 1. The van der Waals surface area contributed by atoms with Gasteiger partial charge in [0.25, 0.3) is 0 Å². The van der Waals surface area contributed by atoms with Crippen molar-refractivity contribution < 1.29 is 19.1 Å². The number of allylic oxidation sites excluding steroid dienone is 2. The third-order valence-electron chi connectivity index (χ3n) is 4.32. The van der Waals surface area contributed by atoms with Crippen LogP contribution in [0.1, 0.15) is 12.8 Å². The van der Waals surface area contributed by atoms with Gasteiger partial charge in [0.05, 0.1) is 25.0 Å². The van der Waals surface area contributed by atoms with Crippen LogP contribution in [0.5, 0.6) is 0 Å². The lowest BCUT2D eigenvalue weighted by molar-refractivity contribution is -0.148. The van der Waals surface area contributed by atoms with Crippen LogP contribution in [0.15, 0.2) is 11.1 Å². The highest BCUT2D eigenvalue weighted by Gasteiger charge is 2.49. The third-order valence-corrected chi connectivity index (χ3v) is 4.63. The van der Waals surface area contributed by atoms with Gasteiger partial charge in [-0.05, 0) is 12.8 Å². The van der Waals surface area contributed by atoms with Gasteiger partial charge in [-0.2, -0.15) is 0 Å². The van der Waals surface area contributed by atoms with Gasteiger partial charge in [-0.1, -0.05) is 17.7 Å². The second-order valence-corrected chi connectivity index (χ2v) is 6.05. The minimum Gasteiger partial charge on any atom is -0.378 e. The number of hydrogen-bond acceptors (Lipinski definition) is 4. The number of hydrogen-bond donors (Lipinski definition) is 0. The Balaban J connectivity index is 1.67. The average Bonchev–Trinajstić information content (AvgIpc) is 2.73. The summed E-state index contributed by atoms with van der Waals surface area (Å²) in [6.07, 6.45) is 2.68. The zero-order valence-corrected chi connectivity index (χ0v) is 12.3. The summed E-state index contributed by atoms with van der Waals surface area (Å²) in [5.41, 5.74) is 0. The fraction of sp³-hybridized carbons (Fsp3) is 0.643. The summed E-state index contributed by atoms with van der Waals surface area (Å²) in [6, 6.07) is 0. The van der Waals surface area contributed by atoms with E-state index in [1.165, 1.54) is 0 Å². The van der Waals surface area contributed by atoms with E-state index in [4.69, 9.17) is 16.3 Å². The molecule has 21 heavy (non-hydrogen) atoms. The third kappa shape index (κ3) is 2.70. The molecule has 0 bridgehead atoms. The topological polar surface area (TPSA) is 66.9 Å². The lowest BCUT2D eigenvalue weighted by Crippen LogP contribution is -2.47. The molecule has 0 unspecified atom stereocenters. The van der Waals surface area contributed by atoms with Crippen LogP contribution in [0.25, 0.3) is 0 Å². The fourth-order valence-corrected chi connectivity index (χ4v) is 3.36. The Morgan fingerprint density at radius 3 is 2.62 bits per heavy atom. The first-order valence-corrected chi connectivity index (χ1v) is 7.51. The zero-order valence-electron chi connectivity index (χ0n) is 11.6. The van der Waals surface area contributed by atoms with Crippen LogP contribution in [-0.2, 0) is 19.1 Å². The molecular weight excluding hydrogens is 296 g/mol. The van der Waals surface area contributed by atoms with E-state index in [1.807, 2.05) is 0 Å². The Morgan fingerprint density at radius 2 is 1.90 bits per heavy atom. The SMILES string of the molecule is O=C(CN1C(=O)[C@H]2CC(Cl)=CC[C@H]2C1=O)N1CCOCC1. The van der Waals surface area contributed by atoms with Crippen LogP contribution >= 0.6 is 11.6 Å². The van der Waals surface area contributed by atoms with E-state index < -0.39 is 5.92 Å². The largest absolute Gasteiger partial charge is 0.378 e. The summed E-state index contributed by atoms with van der Waals surface area (Å²) in [5.74, 6) is -1.45. The van der Waals surface area contributed by atoms with E-state index in [0.29, 0.717) is 44.2 Å². The number of rotatable bonds is 2. The molecule has 3 aliphatic rings. The highest BCUT2D eigenvalue weighted by molar-refractivity contribution is 6.30. The summed E-state index contributed by atoms with van der Waals surface area (Å²) in [4.78, 5) is 39.6. The molecule has 2 heterocycles. The van der Waals surface area contributed by atoms with Gasteiger partial charge in [0.15, 0.2) is 0 Å². The van der Waals surface area contributed by atoms with Crippen LogP contribution in [0.4, 0.5) is 0 Å². The summed E-state index contributed by atoms with van der Waals surface area (Å²) in [5, 5.41) is 0.624. The van der Waals surface area contributed by atoms with Crippen molar-refractivity contribution in [1.29, 1.82) is 0 Å². The van der Waals surface area contributed by atoms with Crippen molar-refractivity contribution in [2.24, 2.45) is 11.8 Å². The summed E-state index contributed by atoms with van der Waals surface area (Å²) in [7, 11) is 0. The molecule has 0 aromatic rings. The number of ether oxygens (including phenoxy) is 1. The van der Waals surface area contributed by atoms with Gasteiger partial charge >= 0.3 is 0 Å². The van der Waals surface area contributed by atoms with Crippen LogP contribution < -0.4 is 0 Å². The minimum absolute atomic E-state index is 0.164. The van der Waals surface area contributed by atoms with E-state index >= 15 is 0 Å². The van der Waals surface area contributed by atoms with Crippen molar-refractivity contribution in [3.63, 3.8) is 0 Å². The van der Waals surface area contributed by atoms with Crippen LogP contribution in [0, 0.1) is 11.8 Å². The maximum absolute atomic E-state index is 12.3. The van der Waals surface area contributed by atoms with Gasteiger partial charge in [0.1, 0.15) is 6.54 Å². The molecule has 0 spiro atoms. The molecule has 2 atom stereocenters. The summed E-state index contributed by atoms with van der Waals surface area (Å²) >= 11 is 5.96. The number of likely N-dealkylation sites (tertiary alicyclic amines) is 1. The molecule has 114 valence electrons. The number of carbonyl (C=O) groups is 3. The first-order valence-electron chi connectivity index (χ1n) is 7.13. The standard InChI is InChI=1S/C14H17ClN2O4/c15-9-1-2-10-11(7-9)14(20)17(13(10)19)8-12(18)16-3-5-21-6-4-16/h1,10-11H,2-8H2/t10-,11+/m1/s1. The van der Waals surface area contributed by atoms with Crippen LogP contribution in [-0.4, -0.2) is 60.4 Å². The molecule has 1 aliphatic carbocycles. The molecule has 3 amide bonds. The van der Waals surface area contributed by atoms with Crippen molar-refractivity contribution >= 4 is 29.3 Å². The monoisotopic (exact) mass is 312 g/mol. The van der Waals surface area contributed by atoms with Gasteiger partial charge < -0.3 is 9.64 Å². The predicted molar refractivity (Wildman–Crippen MR) is 74.3 cm³/mol. The molecule has 6 nitrogen and oxygen atoms in total. The van der Waals surface area contributed by atoms with Crippen molar-refractivity contribution in [2.45, 2.75) is 12.8 Å². The first-order chi connectivity index (χ1) is 10.1. The maximum atomic E-state index is 12.3. The number of amides is 3. The van der Waals surface area contributed by atoms with Gasteiger partial charge in [0, 0.05) is 18.1 Å². The lowest BCUT2D eigenvalue weighted by Gasteiger charge is -2.28. The molecule has 2 fully saturated rings. The zero-order chi connectivity index (χ0) is 15.0. The quantitative estimate of drug-likeness (QED) is 0.691. The molecule has 2 saturated heterocycles. The highest BCUT2D eigenvalue weighted by atomic mass is 35.5. The van der Waals surface area contributed by atoms with Gasteiger partial charge in [-0.3, -0.25) is 19.3 Å². The molecule has 2 aliphatic heterocycles. The van der Waals surface area contributed by atoms with Crippen molar-refractivity contribution in [2.75, 3.05) is 32.8 Å². The summed E-state index contributed by atoms with van der Waals surface area (Å²) < 4.78 is 5.19. The Bertz CT molecular complexity index is 513. The number of nitrogens with zero attached hydrogens (tertiary/aromatic N) is 2. The molecule has 3 rings (SSSR count). The molecule has 0 saturated carbocycles. The number of fused-ring (bicyclic) bond motifs is 1. The van der Waals surface area contributed by atoms with Gasteiger partial charge in [-0.25, -0.2) is 0 Å². The summed E-state index contributed by atoms with van der Waals surface area (Å²) in [6.45, 7) is 1.85. The fourth-order valence-electron chi connectivity index (χ4n) is 3.10. The smallest absolute Gasteiger partial charge is 0.242 e. The Hall–Kier alpha value is -1.40. The number of imide groups is 1. The van der Waals surface area contributed by atoms with E-state index in [0.717, 1.165) is 4.90 Å². The molecular formula is C14H17ClN2O4. The van der Waals surface area contributed by atoms with Gasteiger partial charge in [0.2, 0.25) is 17.7 Å². The number of morpholine rings is 1. The predicted octanol–water partition coefficient (Wildman–Crippen LogP) is 0.363. The molecule has 0 N–H and O–H groups in total. The average molecular weight is 313 g/mol. The highest BCUT2D eigenvalue weighted by Crippen LogP contribution is 2.38. The van der Waals surface area contributed by atoms with Crippen molar-refractivity contribution in [3.8, 4) is 0 Å². The minimum atomic E-state index is -0.396. The van der Waals surface area contributed by atoms with E-state index in [-0.39, 0.29) is 30.2 Å². The Kier molecular flexibility index (Phi) is 3.99. The van der Waals surface area contributed by atoms with E-state index in [9.17, 15) is 14.4 Å². The van der Waals surface area contributed by atoms with Crippen LogP contribution in [0.2, 0.25) is 0 Å². The maximum Gasteiger partial charge on any atom is 0.242 e. The normalized spacial score (nSPS) is 29.5. The first kappa shape index (κ1) is 14.5. The second kappa shape index (κ2) is 5.77. The van der Waals surface area contributed by atoms with Crippen molar-refractivity contribution in [1.82, 2.24) is 9.80 Å². The second-order valence-electron chi connectivity index (χ2n) is 5.56. The van der Waals surface area contributed by atoms with E-state index in [2.05, 4.69) is 0 Å². The molecule has 7 heteroatoms. The van der Waals surface area contributed by atoms with Crippen LogP contribution in [0.3, 0.4) is 0 Å². The Labute approximate surface area is 127 Å². The lowest BCUT2D eigenvalue weighted by atomic mass is 9.85. The number of carbonyl (C=O) groups excluding carboxylic acids is 3. The molecule has 0 radical (unpaired) electrons.